The lowest BCUT2D eigenvalue weighted by Crippen LogP contribution is -2.21. The summed E-state index contributed by atoms with van der Waals surface area (Å²) < 4.78 is 1.06. The van der Waals surface area contributed by atoms with Gasteiger partial charge in [-0.25, -0.2) is 0 Å². The highest BCUT2D eigenvalue weighted by Crippen LogP contribution is 2.29. The third kappa shape index (κ3) is 3.56. The Morgan fingerprint density at radius 1 is 1.44 bits per heavy atom. The lowest BCUT2D eigenvalue weighted by molar-refractivity contribution is 0.470. The minimum Gasteiger partial charge on any atom is -0.312 e. The zero-order valence-corrected chi connectivity index (χ0v) is 11.3. The second kappa shape index (κ2) is 5.78. The van der Waals surface area contributed by atoms with E-state index in [-0.39, 0.29) is 0 Å². The average Bonchev–Trinajstić information content (AvgIpc) is 2.64. The molecular formula is C13H19BrN2. The van der Waals surface area contributed by atoms with Gasteiger partial charge in [0, 0.05) is 23.4 Å². The maximum absolute atomic E-state index is 4.16. The minimum atomic E-state index is 0.884. The van der Waals surface area contributed by atoms with E-state index in [1.807, 2.05) is 12.4 Å². The molecule has 0 spiro atoms. The monoisotopic (exact) mass is 282 g/mol. The van der Waals surface area contributed by atoms with Crippen LogP contribution >= 0.6 is 15.9 Å². The Bertz CT molecular complexity index is 340. The van der Waals surface area contributed by atoms with Crippen molar-refractivity contribution in [2.45, 2.75) is 32.7 Å². The molecule has 0 amide bonds. The fourth-order valence-corrected chi connectivity index (χ4v) is 2.90. The topological polar surface area (TPSA) is 24.9 Å². The summed E-state index contributed by atoms with van der Waals surface area (Å²) in [6.45, 7) is 4.44. The van der Waals surface area contributed by atoms with Crippen LogP contribution in [0.3, 0.4) is 0 Å². The zero-order chi connectivity index (χ0) is 11.4. The first-order valence-electron chi connectivity index (χ1n) is 6.04. The summed E-state index contributed by atoms with van der Waals surface area (Å²) in [7, 11) is 0. The lowest BCUT2D eigenvalue weighted by atomic mass is 10.1. The summed E-state index contributed by atoms with van der Waals surface area (Å²) in [5.41, 5.74) is 1.25. The zero-order valence-electron chi connectivity index (χ0n) is 9.75. The van der Waals surface area contributed by atoms with Gasteiger partial charge < -0.3 is 5.32 Å². The molecule has 1 heterocycles. The van der Waals surface area contributed by atoms with Crippen LogP contribution in [0.25, 0.3) is 0 Å². The Morgan fingerprint density at radius 2 is 2.31 bits per heavy atom. The van der Waals surface area contributed by atoms with Crippen LogP contribution in [0.2, 0.25) is 0 Å². The Kier molecular flexibility index (Phi) is 4.36. The predicted molar refractivity (Wildman–Crippen MR) is 70.1 cm³/mol. The smallest absolute Gasteiger partial charge is 0.0410 e. The first kappa shape index (κ1) is 12.1. The van der Waals surface area contributed by atoms with E-state index in [1.54, 1.807) is 0 Å². The van der Waals surface area contributed by atoms with E-state index in [9.17, 15) is 0 Å². The summed E-state index contributed by atoms with van der Waals surface area (Å²) in [6.07, 6.45) is 7.94. The van der Waals surface area contributed by atoms with Gasteiger partial charge in [-0.15, -0.1) is 0 Å². The van der Waals surface area contributed by atoms with Crippen LogP contribution < -0.4 is 5.32 Å². The van der Waals surface area contributed by atoms with Crippen LogP contribution in [-0.2, 0) is 6.54 Å². The van der Waals surface area contributed by atoms with E-state index < -0.39 is 0 Å². The van der Waals surface area contributed by atoms with Crippen LogP contribution in [0.4, 0.5) is 0 Å². The van der Waals surface area contributed by atoms with Gasteiger partial charge in [-0.1, -0.05) is 13.3 Å². The molecule has 16 heavy (non-hydrogen) atoms. The number of aromatic nitrogens is 1. The molecule has 3 heteroatoms. The molecule has 1 aromatic heterocycles. The van der Waals surface area contributed by atoms with E-state index in [1.165, 1.54) is 24.8 Å². The van der Waals surface area contributed by atoms with E-state index in [0.29, 0.717) is 0 Å². The maximum Gasteiger partial charge on any atom is 0.0410 e. The Labute approximate surface area is 106 Å². The molecule has 1 aromatic rings. The van der Waals surface area contributed by atoms with Gasteiger partial charge in [0.1, 0.15) is 0 Å². The summed E-state index contributed by atoms with van der Waals surface area (Å²) in [4.78, 5) is 4.16. The third-order valence-corrected chi connectivity index (χ3v) is 3.76. The van der Waals surface area contributed by atoms with E-state index in [0.717, 1.165) is 29.4 Å². The van der Waals surface area contributed by atoms with Crippen molar-refractivity contribution in [1.29, 1.82) is 0 Å². The summed E-state index contributed by atoms with van der Waals surface area (Å²) >= 11 is 3.44. The molecule has 2 unspecified atom stereocenters. The molecule has 0 aliphatic heterocycles. The van der Waals surface area contributed by atoms with E-state index >= 15 is 0 Å². The number of pyridine rings is 1. The lowest BCUT2D eigenvalue weighted by Gasteiger charge is -2.11. The normalized spacial score (nSPS) is 24.9. The fraction of sp³-hybridized carbons (Fsp3) is 0.615. The SMILES string of the molecule is CC1CCC(CNCc2cncc(Br)c2)C1. The van der Waals surface area contributed by atoms with Crippen LogP contribution in [0.1, 0.15) is 31.7 Å². The quantitative estimate of drug-likeness (QED) is 0.916. The van der Waals surface area contributed by atoms with Crippen LogP contribution in [-0.4, -0.2) is 11.5 Å². The molecule has 0 aromatic carbocycles. The fourth-order valence-electron chi connectivity index (χ4n) is 2.48. The van der Waals surface area contributed by atoms with Gasteiger partial charge in [-0.2, -0.15) is 0 Å². The van der Waals surface area contributed by atoms with Gasteiger partial charge in [0.25, 0.3) is 0 Å². The molecular weight excluding hydrogens is 264 g/mol. The molecule has 88 valence electrons. The second-order valence-corrected chi connectivity index (χ2v) is 5.84. The van der Waals surface area contributed by atoms with Gasteiger partial charge in [0.2, 0.25) is 0 Å². The highest BCUT2D eigenvalue weighted by molar-refractivity contribution is 9.10. The Balaban J connectivity index is 1.72. The summed E-state index contributed by atoms with van der Waals surface area (Å²) in [5.74, 6) is 1.81. The molecule has 1 saturated carbocycles. The van der Waals surface area contributed by atoms with Crippen molar-refractivity contribution < 1.29 is 0 Å². The molecule has 2 atom stereocenters. The van der Waals surface area contributed by atoms with E-state index in [4.69, 9.17) is 0 Å². The first-order valence-corrected chi connectivity index (χ1v) is 6.83. The molecule has 0 saturated heterocycles. The van der Waals surface area contributed by atoms with Crippen LogP contribution in [0, 0.1) is 11.8 Å². The molecule has 1 aliphatic rings. The third-order valence-electron chi connectivity index (χ3n) is 3.33. The molecule has 2 rings (SSSR count). The van der Waals surface area contributed by atoms with Gasteiger partial charge in [0.05, 0.1) is 0 Å². The highest BCUT2D eigenvalue weighted by Gasteiger charge is 2.20. The van der Waals surface area contributed by atoms with Gasteiger partial charge in [-0.3, -0.25) is 4.98 Å². The van der Waals surface area contributed by atoms with Crippen LogP contribution in [0.5, 0.6) is 0 Å². The minimum absolute atomic E-state index is 0.884. The van der Waals surface area contributed by atoms with Gasteiger partial charge >= 0.3 is 0 Å². The standard InChI is InChI=1S/C13H19BrN2/c1-10-2-3-11(4-10)6-15-7-12-5-13(14)9-16-8-12/h5,8-11,15H,2-4,6-7H2,1H3. The molecule has 1 aliphatic carbocycles. The van der Waals surface area contributed by atoms with Crippen molar-refractivity contribution in [2.75, 3.05) is 6.54 Å². The van der Waals surface area contributed by atoms with Crippen molar-refractivity contribution >= 4 is 15.9 Å². The second-order valence-electron chi connectivity index (χ2n) is 4.93. The Morgan fingerprint density at radius 3 is 3.00 bits per heavy atom. The van der Waals surface area contributed by atoms with Crippen molar-refractivity contribution in [1.82, 2.24) is 10.3 Å². The number of nitrogens with one attached hydrogen (secondary N) is 1. The average molecular weight is 283 g/mol. The largest absolute Gasteiger partial charge is 0.312 e. The van der Waals surface area contributed by atoms with Crippen LogP contribution in [0.15, 0.2) is 22.9 Å². The molecule has 0 bridgehead atoms. The number of halogens is 1. The summed E-state index contributed by atoms with van der Waals surface area (Å²) in [5, 5.41) is 3.53. The van der Waals surface area contributed by atoms with Crippen molar-refractivity contribution in [3.63, 3.8) is 0 Å². The Hall–Kier alpha value is -0.410. The highest BCUT2D eigenvalue weighted by atomic mass is 79.9. The number of nitrogens with zero attached hydrogens (tertiary/aromatic N) is 1. The van der Waals surface area contributed by atoms with Crippen molar-refractivity contribution in [2.24, 2.45) is 11.8 Å². The molecule has 1 N–H and O–H groups in total. The molecule has 1 fully saturated rings. The number of rotatable bonds is 4. The molecule has 2 nitrogen and oxygen atoms in total. The van der Waals surface area contributed by atoms with Crippen molar-refractivity contribution in [3.05, 3.63) is 28.5 Å². The first-order chi connectivity index (χ1) is 7.74. The van der Waals surface area contributed by atoms with Crippen molar-refractivity contribution in [3.8, 4) is 0 Å². The van der Waals surface area contributed by atoms with Gasteiger partial charge in [-0.05, 0) is 58.8 Å². The predicted octanol–water partition coefficient (Wildman–Crippen LogP) is 3.37. The number of hydrogen-bond donors (Lipinski definition) is 1. The molecule has 0 radical (unpaired) electrons. The van der Waals surface area contributed by atoms with E-state index in [2.05, 4.69) is 39.2 Å². The maximum atomic E-state index is 4.16. The number of hydrogen-bond acceptors (Lipinski definition) is 2. The van der Waals surface area contributed by atoms with Gasteiger partial charge in [0.15, 0.2) is 0 Å². The summed E-state index contributed by atoms with van der Waals surface area (Å²) in [6, 6.07) is 2.12.